The number of azo groups is 2. The maximum atomic E-state index is 10.4. The first-order chi connectivity index (χ1) is 21.5. The summed E-state index contributed by atoms with van der Waals surface area (Å²) in [6.45, 7) is 21.2. The molecule has 0 aliphatic rings. The van der Waals surface area contributed by atoms with Crippen LogP contribution in [0.1, 0.15) is 33.0 Å². The minimum absolute atomic E-state index is 0.0385. The summed E-state index contributed by atoms with van der Waals surface area (Å²) in [7, 11) is 0. The Balaban J connectivity index is 1.51. The second-order valence-electron chi connectivity index (χ2n) is 8.97. The minimum atomic E-state index is -0.694. The van der Waals surface area contributed by atoms with E-state index >= 15 is 0 Å². The topological polar surface area (TPSA) is 252 Å². The van der Waals surface area contributed by atoms with Crippen molar-refractivity contribution in [3.05, 3.63) is 55.8 Å². The predicted molar refractivity (Wildman–Crippen MR) is 162 cm³/mol. The highest BCUT2D eigenvalue weighted by atomic mass is 32.1. The fourth-order valence-corrected chi connectivity index (χ4v) is 5.67. The highest BCUT2D eigenvalue weighted by Gasteiger charge is 2.22. The number of nitriles is 2. The first kappa shape index (κ1) is 29.9. The van der Waals surface area contributed by atoms with Gasteiger partial charge in [0.2, 0.25) is 10.7 Å². The molecule has 0 atom stereocenters. The average Bonchev–Trinajstić information content (AvgIpc) is 3.69. The lowest BCUT2D eigenvalue weighted by molar-refractivity contribution is 0.423. The van der Waals surface area contributed by atoms with E-state index in [0.717, 1.165) is 32.0 Å². The van der Waals surface area contributed by atoms with Gasteiger partial charge in [-0.05, 0) is 38.8 Å². The Bertz CT molecular complexity index is 2100. The normalized spacial score (nSPS) is 11.1. The predicted octanol–water partition coefficient (Wildman–Crippen LogP) is 6.15. The fraction of sp³-hybridized carbons (Fsp3) is 0.160. The van der Waals surface area contributed by atoms with Crippen molar-refractivity contribution in [1.82, 2.24) is 34.5 Å². The first-order valence-corrected chi connectivity index (χ1v) is 14.0. The molecular weight excluding hydrogens is 619 g/mol. The maximum absolute atomic E-state index is 10.4. The second kappa shape index (κ2) is 11.6. The lowest BCUT2D eigenvalue weighted by Gasteiger charge is -2.06. The molecule has 0 spiro atoms. The molecule has 5 N–H and O–H groups in total. The van der Waals surface area contributed by atoms with Gasteiger partial charge in [0.25, 0.3) is 11.9 Å². The smallest absolute Gasteiger partial charge is 0.320 e. The molecule has 5 aromatic heterocycles. The molecule has 0 bridgehead atoms. The molecule has 0 aromatic carbocycles. The summed E-state index contributed by atoms with van der Waals surface area (Å²) < 4.78 is 2.21. The van der Waals surface area contributed by atoms with E-state index in [-0.39, 0.29) is 56.2 Å². The van der Waals surface area contributed by atoms with Crippen LogP contribution in [0.25, 0.3) is 21.6 Å². The zero-order chi connectivity index (χ0) is 32.6. The largest absolute Gasteiger partial charge is 0.479 e. The molecule has 20 heteroatoms. The van der Waals surface area contributed by atoms with Gasteiger partial charge in [-0.25, -0.2) is 9.69 Å². The zero-order valence-corrected chi connectivity index (χ0v) is 25.3. The summed E-state index contributed by atoms with van der Waals surface area (Å²) in [5, 5.41) is 55.2. The standard InChI is InChI=1S/C25H17N17OS2/c1-9-13(7-26)21(45-20(9)31-6)37-35-16-11(3)39-41(18(16)28)23-32-24(34-25(43)33-23)42-19(29)17(12(4)40-42)36-38-22-15(30-5)10(2)14(8-27)44-22/h28-29H2,1-4H3,(H,32,33,34,43). The Labute approximate surface area is 261 Å². The molecule has 0 aliphatic carbocycles. The Morgan fingerprint density at radius 1 is 0.778 bits per heavy atom. The summed E-state index contributed by atoms with van der Waals surface area (Å²) in [6.07, 6.45) is 0. The van der Waals surface area contributed by atoms with Crippen LogP contribution in [-0.4, -0.2) is 39.6 Å². The Morgan fingerprint density at radius 2 is 1.33 bits per heavy atom. The summed E-state index contributed by atoms with van der Waals surface area (Å²) in [5.41, 5.74) is 15.1. The van der Waals surface area contributed by atoms with Crippen molar-refractivity contribution in [2.24, 2.45) is 20.5 Å². The van der Waals surface area contributed by atoms with Crippen molar-refractivity contribution in [1.29, 1.82) is 10.5 Å². The Kier molecular flexibility index (Phi) is 7.69. The lowest BCUT2D eigenvalue weighted by Crippen LogP contribution is -2.13. The quantitative estimate of drug-likeness (QED) is 0.142. The van der Waals surface area contributed by atoms with Gasteiger partial charge in [0.15, 0.2) is 23.0 Å². The molecule has 5 aromatic rings. The van der Waals surface area contributed by atoms with Gasteiger partial charge in [-0.2, -0.15) is 50.2 Å². The Morgan fingerprint density at radius 3 is 1.82 bits per heavy atom. The number of thiophene rings is 2. The molecule has 0 radical (unpaired) electrons. The molecule has 0 aliphatic heterocycles. The number of hydrogen-bond donors (Lipinski definition) is 3. The maximum Gasteiger partial charge on any atom is 0.320 e. The van der Waals surface area contributed by atoms with E-state index in [2.05, 4.69) is 55.3 Å². The third-order valence-corrected chi connectivity index (χ3v) is 8.35. The van der Waals surface area contributed by atoms with Gasteiger partial charge in [0, 0.05) is 0 Å². The number of hydrogen-bond acceptors (Lipinski definition) is 16. The third-order valence-electron chi connectivity index (χ3n) is 6.21. The van der Waals surface area contributed by atoms with Gasteiger partial charge in [0.05, 0.1) is 35.0 Å². The number of rotatable bonds is 6. The molecule has 0 unspecified atom stereocenters. The molecule has 0 saturated heterocycles. The molecule has 5 heterocycles. The molecule has 18 nitrogen and oxygen atoms in total. The van der Waals surface area contributed by atoms with E-state index in [1.165, 1.54) is 0 Å². The molecule has 5 rings (SSSR count). The number of nitrogens with two attached hydrogens (primary N) is 2. The SMILES string of the molecule is [C-]#[N+]c1sc(N=Nc2c(C)nn(-c3nc(O)nc(-n4nc(C)c(N=Nc5sc(C#N)c(C)c5[N+]#[C-])c4N)n3)c2N)c(C#N)c1C. The van der Waals surface area contributed by atoms with Crippen molar-refractivity contribution in [3.63, 3.8) is 0 Å². The van der Waals surface area contributed by atoms with Crippen LogP contribution in [0, 0.1) is 63.5 Å². The van der Waals surface area contributed by atoms with E-state index in [4.69, 9.17) is 24.6 Å². The molecule has 0 saturated carbocycles. The molecule has 0 amide bonds. The van der Waals surface area contributed by atoms with E-state index in [1.807, 2.05) is 12.1 Å². The number of anilines is 2. The Hall–Kier alpha value is -6.61. The van der Waals surface area contributed by atoms with Crippen LogP contribution in [0.5, 0.6) is 6.01 Å². The van der Waals surface area contributed by atoms with Crippen molar-refractivity contribution in [3.8, 4) is 30.0 Å². The summed E-state index contributed by atoms with van der Waals surface area (Å²) in [6, 6.07) is 3.37. The van der Waals surface area contributed by atoms with Crippen molar-refractivity contribution in [2.75, 3.05) is 11.5 Å². The van der Waals surface area contributed by atoms with Gasteiger partial charge in [-0.1, -0.05) is 0 Å². The summed E-state index contributed by atoms with van der Waals surface area (Å²) in [4.78, 5) is 19.4. The number of aryl methyl sites for hydroxylation is 2. The summed E-state index contributed by atoms with van der Waals surface area (Å²) in [5.74, 6) is -0.476. The van der Waals surface area contributed by atoms with Crippen LogP contribution in [0.4, 0.5) is 43.7 Å². The van der Waals surface area contributed by atoms with Crippen LogP contribution < -0.4 is 11.5 Å². The number of aromatic nitrogens is 7. The van der Waals surface area contributed by atoms with Gasteiger partial charge >= 0.3 is 6.01 Å². The third kappa shape index (κ3) is 5.15. The van der Waals surface area contributed by atoms with Crippen LogP contribution in [-0.2, 0) is 0 Å². The highest BCUT2D eigenvalue weighted by Crippen LogP contribution is 2.44. The van der Waals surface area contributed by atoms with Crippen molar-refractivity contribution < 1.29 is 5.11 Å². The molecular formula is C25H17N17OS2. The van der Waals surface area contributed by atoms with E-state index in [0.29, 0.717) is 32.4 Å². The van der Waals surface area contributed by atoms with E-state index < -0.39 is 6.01 Å². The highest BCUT2D eigenvalue weighted by molar-refractivity contribution is 7.20. The van der Waals surface area contributed by atoms with Gasteiger partial charge in [-0.15, -0.1) is 38.0 Å². The molecule has 45 heavy (non-hydrogen) atoms. The number of nitrogens with zero attached hydrogens (tertiary/aromatic N) is 15. The van der Waals surface area contributed by atoms with Gasteiger partial charge in [-0.3, -0.25) is 0 Å². The molecule has 0 fully saturated rings. The van der Waals surface area contributed by atoms with Gasteiger partial charge < -0.3 is 16.6 Å². The zero-order valence-electron chi connectivity index (χ0n) is 23.6. The summed E-state index contributed by atoms with van der Waals surface area (Å²) >= 11 is 2.05. The number of nitrogen functional groups attached to an aromatic ring is 2. The second-order valence-corrected chi connectivity index (χ2v) is 10.9. The average molecular weight is 636 g/mol. The van der Waals surface area contributed by atoms with Crippen LogP contribution in [0.3, 0.4) is 0 Å². The van der Waals surface area contributed by atoms with E-state index in [9.17, 15) is 15.6 Å². The van der Waals surface area contributed by atoms with Gasteiger partial charge in [0.1, 0.15) is 22.1 Å². The minimum Gasteiger partial charge on any atom is -0.479 e. The van der Waals surface area contributed by atoms with Crippen molar-refractivity contribution in [2.45, 2.75) is 27.7 Å². The number of aromatic hydroxyl groups is 1. The lowest BCUT2D eigenvalue weighted by atomic mass is 10.2. The fourth-order valence-electron chi connectivity index (χ4n) is 3.94. The molecule has 220 valence electrons. The van der Waals surface area contributed by atoms with Crippen LogP contribution >= 0.6 is 22.7 Å². The monoisotopic (exact) mass is 635 g/mol. The van der Waals surface area contributed by atoms with Crippen molar-refractivity contribution >= 4 is 66.4 Å². The van der Waals surface area contributed by atoms with Crippen LogP contribution in [0.2, 0.25) is 0 Å². The first-order valence-electron chi connectivity index (χ1n) is 12.3. The van der Waals surface area contributed by atoms with Crippen LogP contribution in [0.15, 0.2) is 20.5 Å². The van der Waals surface area contributed by atoms with E-state index in [1.54, 1.807) is 27.7 Å².